The van der Waals surface area contributed by atoms with Gasteiger partial charge in [0.25, 0.3) is 0 Å². The smallest absolute Gasteiger partial charge is 0.329 e. The topological polar surface area (TPSA) is 57.1 Å². The summed E-state index contributed by atoms with van der Waals surface area (Å²) in [5, 5.41) is 0.494. The molecule has 5 nitrogen and oxygen atoms in total. The summed E-state index contributed by atoms with van der Waals surface area (Å²) in [5.74, 6) is 1.31. The van der Waals surface area contributed by atoms with Crippen LogP contribution in [-0.4, -0.2) is 15.0 Å². The molecule has 0 atom stereocenters. The molecule has 180 valence electrons. The molecule has 4 rings (SSSR count). The van der Waals surface area contributed by atoms with E-state index in [1.165, 1.54) is 22.9 Å². The van der Waals surface area contributed by atoms with Crippen molar-refractivity contribution >= 4 is 11.8 Å². The Balaban J connectivity index is 1.61. The molecule has 0 saturated carbocycles. The molecule has 0 radical (unpaired) electrons. The molecule has 0 fully saturated rings. The quantitative estimate of drug-likeness (QED) is 0.274. The van der Waals surface area contributed by atoms with Gasteiger partial charge < -0.3 is 9.47 Å². The van der Waals surface area contributed by atoms with E-state index in [0.717, 1.165) is 4.90 Å². The Labute approximate surface area is 212 Å². The van der Waals surface area contributed by atoms with Gasteiger partial charge in [-0.15, -0.1) is 4.98 Å². The predicted octanol–water partition coefficient (Wildman–Crippen LogP) is 8.20. The largest absolute Gasteiger partial charge is 0.424 e. The van der Waals surface area contributed by atoms with Gasteiger partial charge in [0.05, 0.1) is 0 Å². The highest BCUT2D eigenvalue weighted by molar-refractivity contribution is 7.99. The third-order valence-electron chi connectivity index (χ3n) is 5.39. The summed E-state index contributed by atoms with van der Waals surface area (Å²) in [7, 11) is 0. The van der Waals surface area contributed by atoms with Gasteiger partial charge in [0.15, 0.2) is 0 Å². The molecule has 1 aromatic heterocycles. The Morgan fingerprint density at radius 1 is 0.543 bits per heavy atom. The van der Waals surface area contributed by atoms with E-state index < -0.39 is 0 Å². The van der Waals surface area contributed by atoms with E-state index in [9.17, 15) is 0 Å². The van der Waals surface area contributed by atoms with E-state index in [4.69, 9.17) is 9.47 Å². The fraction of sp³-hybridized carbons (Fsp3) is 0.276. The van der Waals surface area contributed by atoms with E-state index in [-0.39, 0.29) is 22.9 Å². The van der Waals surface area contributed by atoms with Crippen molar-refractivity contribution in [2.75, 3.05) is 0 Å². The fourth-order valence-corrected chi connectivity index (χ4v) is 4.06. The normalized spacial score (nSPS) is 11.8. The van der Waals surface area contributed by atoms with Gasteiger partial charge in [0, 0.05) is 4.90 Å². The molecule has 0 aliphatic rings. The number of benzene rings is 3. The molecule has 0 saturated heterocycles. The van der Waals surface area contributed by atoms with Crippen LogP contribution < -0.4 is 9.47 Å². The highest BCUT2D eigenvalue weighted by atomic mass is 32.2. The minimum atomic E-state index is 0.0642. The van der Waals surface area contributed by atoms with E-state index in [1.807, 2.05) is 54.6 Å². The Bertz CT molecular complexity index is 1180. The second-order valence-electron chi connectivity index (χ2n) is 10.4. The zero-order chi connectivity index (χ0) is 25.1. The van der Waals surface area contributed by atoms with Crippen LogP contribution in [0.1, 0.15) is 52.7 Å². The third-order valence-corrected chi connectivity index (χ3v) is 6.26. The average molecular weight is 486 g/mol. The Morgan fingerprint density at radius 3 is 1.37 bits per heavy atom. The van der Waals surface area contributed by atoms with Crippen molar-refractivity contribution < 1.29 is 9.47 Å². The lowest BCUT2D eigenvalue weighted by molar-refractivity contribution is 0.387. The molecule has 0 bridgehead atoms. The maximum Gasteiger partial charge on any atom is 0.329 e. The molecule has 0 spiro atoms. The number of aromatic nitrogens is 3. The zero-order valence-corrected chi connectivity index (χ0v) is 21.9. The van der Waals surface area contributed by atoms with Crippen molar-refractivity contribution in [2.24, 2.45) is 0 Å². The molecular formula is C29H31N3O2S. The summed E-state index contributed by atoms with van der Waals surface area (Å²) in [4.78, 5) is 14.5. The minimum Gasteiger partial charge on any atom is -0.424 e. The lowest BCUT2D eigenvalue weighted by Crippen LogP contribution is -2.10. The number of hydrogen-bond acceptors (Lipinski definition) is 6. The summed E-state index contributed by atoms with van der Waals surface area (Å²) in [5.41, 5.74) is 2.58. The number of hydrogen-bond donors (Lipinski definition) is 0. The van der Waals surface area contributed by atoms with Gasteiger partial charge in [-0.25, -0.2) is 0 Å². The van der Waals surface area contributed by atoms with E-state index in [1.54, 1.807) is 0 Å². The standard InChI is InChI=1S/C29H31N3O2S/c1-28(2,3)20-12-16-22(17-13-20)33-25-30-26(32-27(31-25)35-24-10-8-7-9-11-24)34-23-18-14-21(15-19-23)29(4,5)6/h7-19H,1-6H3. The Kier molecular flexibility index (Phi) is 7.13. The second kappa shape index (κ2) is 10.1. The molecule has 0 amide bonds. The van der Waals surface area contributed by atoms with E-state index in [0.29, 0.717) is 16.7 Å². The summed E-state index contributed by atoms with van der Waals surface area (Å²) in [6, 6.07) is 26.3. The first-order valence-electron chi connectivity index (χ1n) is 11.6. The van der Waals surface area contributed by atoms with Gasteiger partial charge in [-0.05, 0) is 70.1 Å². The van der Waals surface area contributed by atoms with Gasteiger partial charge in [0.2, 0.25) is 5.16 Å². The molecule has 6 heteroatoms. The van der Waals surface area contributed by atoms with Gasteiger partial charge in [0.1, 0.15) is 11.5 Å². The third kappa shape index (κ3) is 6.83. The monoisotopic (exact) mass is 485 g/mol. The van der Waals surface area contributed by atoms with Crippen LogP contribution in [0.2, 0.25) is 0 Å². The van der Waals surface area contributed by atoms with Gasteiger partial charge in [-0.2, -0.15) is 9.97 Å². The lowest BCUT2D eigenvalue weighted by Gasteiger charge is -2.19. The maximum absolute atomic E-state index is 6.01. The van der Waals surface area contributed by atoms with Crippen LogP contribution in [0.25, 0.3) is 0 Å². The first kappa shape index (κ1) is 24.7. The maximum atomic E-state index is 6.01. The van der Waals surface area contributed by atoms with Crippen LogP contribution in [-0.2, 0) is 10.8 Å². The van der Waals surface area contributed by atoms with Crippen molar-refractivity contribution in [1.29, 1.82) is 0 Å². The lowest BCUT2D eigenvalue weighted by atomic mass is 9.87. The molecule has 4 aromatic rings. The van der Waals surface area contributed by atoms with Crippen molar-refractivity contribution in [2.45, 2.75) is 62.4 Å². The molecular weight excluding hydrogens is 454 g/mol. The first-order valence-corrected chi connectivity index (χ1v) is 12.4. The van der Waals surface area contributed by atoms with Gasteiger partial charge in [-0.1, -0.05) is 84.0 Å². The number of rotatable bonds is 6. The highest BCUT2D eigenvalue weighted by Crippen LogP contribution is 2.31. The Morgan fingerprint density at radius 2 is 0.971 bits per heavy atom. The average Bonchev–Trinajstić information content (AvgIpc) is 2.79. The van der Waals surface area contributed by atoms with E-state index >= 15 is 0 Å². The summed E-state index contributed by atoms with van der Waals surface area (Å²) in [6.45, 7) is 13.1. The number of ether oxygens (including phenoxy) is 2. The first-order chi connectivity index (χ1) is 16.6. The predicted molar refractivity (Wildman–Crippen MR) is 141 cm³/mol. The zero-order valence-electron chi connectivity index (χ0n) is 21.1. The summed E-state index contributed by atoms with van der Waals surface area (Å²) >= 11 is 1.43. The van der Waals surface area contributed by atoms with Crippen LogP contribution in [0.4, 0.5) is 0 Å². The van der Waals surface area contributed by atoms with Crippen molar-refractivity contribution in [3.63, 3.8) is 0 Å². The summed E-state index contributed by atoms with van der Waals surface area (Å²) in [6.07, 6.45) is 0. The second-order valence-corrected chi connectivity index (χ2v) is 11.4. The van der Waals surface area contributed by atoms with Crippen LogP contribution in [0.15, 0.2) is 88.9 Å². The molecule has 3 aromatic carbocycles. The van der Waals surface area contributed by atoms with Crippen LogP contribution in [0.5, 0.6) is 23.5 Å². The fourth-order valence-electron chi connectivity index (χ4n) is 3.31. The van der Waals surface area contributed by atoms with E-state index in [2.05, 4.69) is 80.8 Å². The van der Waals surface area contributed by atoms with Crippen LogP contribution >= 0.6 is 11.8 Å². The van der Waals surface area contributed by atoms with Crippen molar-refractivity contribution in [3.8, 4) is 23.5 Å². The molecule has 0 aliphatic carbocycles. The SMILES string of the molecule is CC(C)(C)c1ccc(Oc2nc(Oc3ccc(C(C)(C)C)cc3)nc(Sc3ccccc3)n2)cc1. The molecule has 0 unspecified atom stereocenters. The van der Waals surface area contributed by atoms with Crippen LogP contribution in [0.3, 0.4) is 0 Å². The van der Waals surface area contributed by atoms with Crippen molar-refractivity contribution in [3.05, 3.63) is 90.0 Å². The Hall–Kier alpha value is -3.38. The molecule has 0 N–H and O–H groups in total. The highest BCUT2D eigenvalue weighted by Gasteiger charge is 2.16. The summed E-state index contributed by atoms with van der Waals surface area (Å²) < 4.78 is 12.0. The molecule has 1 heterocycles. The van der Waals surface area contributed by atoms with Crippen molar-refractivity contribution in [1.82, 2.24) is 15.0 Å². The van der Waals surface area contributed by atoms with Gasteiger partial charge >= 0.3 is 12.0 Å². The van der Waals surface area contributed by atoms with Crippen LogP contribution in [0, 0.1) is 0 Å². The molecule has 0 aliphatic heterocycles. The number of nitrogens with zero attached hydrogens (tertiary/aromatic N) is 3. The van der Waals surface area contributed by atoms with Gasteiger partial charge in [-0.3, -0.25) is 0 Å². The minimum absolute atomic E-state index is 0.0642. The molecule has 35 heavy (non-hydrogen) atoms.